The number of thioether (sulfide) groups is 1. The monoisotopic (exact) mass is 469 g/mol. The molecule has 2 aromatic rings. The minimum absolute atomic E-state index is 0.0643. The molecule has 0 N–H and O–H groups in total. The highest BCUT2D eigenvalue weighted by Gasteiger charge is 2.36. The molecule has 7 nitrogen and oxygen atoms in total. The Bertz CT molecular complexity index is 1010. The summed E-state index contributed by atoms with van der Waals surface area (Å²) in [5, 5.41) is 0.847. The summed E-state index contributed by atoms with van der Waals surface area (Å²) < 4.78 is 29.3. The van der Waals surface area contributed by atoms with Crippen molar-refractivity contribution in [3.8, 4) is 5.75 Å². The number of carbonyl (C=O) groups excluding carboxylic acids is 1. The quantitative estimate of drug-likeness (QED) is 0.453. The molecule has 1 fully saturated rings. The van der Waals surface area contributed by atoms with Crippen LogP contribution in [0.1, 0.15) is 36.3 Å². The van der Waals surface area contributed by atoms with Gasteiger partial charge in [-0.25, -0.2) is 18.4 Å². The molecule has 1 saturated heterocycles. The van der Waals surface area contributed by atoms with Gasteiger partial charge in [-0.15, -0.1) is 0 Å². The maximum atomic E-state index is 13.5. The molecule has 0 spiro atoms. The summed E-state index contributed by atoms with van der Waals surface area (Å²) in [5.41, 5.74) is 0.947. The first kappa shape index (κ1) is 22.8. The number of benzene rings is 1. The maximum Gasteiger partial charge on any atom is 0.274 e. The molecule has 1 atom stereocenters. The molecule has 1 aliphatic heterocycles. The molecule has 1 aliphatic rings. The summed E-state index contributed by atoms with van der Waals surface area (Å²) in [4.78, 5) is 23.6. The zero-order valence-corrected chi connectivity index (χ0v) is 19.4. The predicted molar refractivity (Wildman–Crippen MR) is 118 cm³/mol. The van der Waals surface area contributed by atoms with Gasteiger partial charge in [0.05, 0.1) is 29.8 Å². The predicted octanol–water partition coefficient (Wildman–Crippen LogP) is 3.47. The smallest absolute Gasteiger partial charge is 0.274 e. The van der Waals surface area contributed by atoms with Gasteiger partial charge in [-0.3, -0.25) is 4.79 Å². The largest absolute Gasteiger partial charge is 0.497 e. The number of halogens is 1. The molecular weight excluding hydrogens is 446 g/mol. The average molecular weight is 470 g/mol. The van der Waals surface area contributed by atoms with Crippen LogP contribution in [0.2, 0.25) is 5.02 Å². The van der Waals surface area contributed by atoms with Gasteiger partial charge >= 0.3 is 0 Å². The second kappa shape index (κ2) is 9.53. The van der Waals surface area contributed by atoms with Crippen LogP contribution in [-0.4, -0.2) is 59.1 Å². The highest BCUT2D eigenvalue weighted by molar-refractivity contribution is 7.99. The third-order valence-electron chi connectivity index (χ3n) is 4.69. The Hall–Kier alpha value is -1.84. The lowest BCUT2D eigenvalue weighted by Gasteiger charge is -2.28. The fraction of sp³-hybridized carbons (Fsp3) is 0.450. The van der Waals surface area contributed by atoms with Crippen LogP contribution >= 0.6 is 23.4 Å². The Morgan fingerprint density at radius 3 is 2.60 bits per heavy atom. The lowest BCUT2D eigenvalue weighted by molar-refractivity contribution is 0.0674. The summed E-state index contributed by atoms with van der Waals surface area (Å²) >= 11 is 7.69. The second-order valence-corrected chi connectivity index (χ2v) is 11.5. The second-order valence-electron chi connectivity index (χ2n) is 7.35. The molecule has 0 radical (unpaired) electrons. The molecule has 3 rings (SSSR count). The SMILES string of the molecule is COc1ccc(CN(C(=O)c2nc(SC(C)C)ncc2Cl)[C@H]2CCS(=O)(=O)C2)cc1. The summed E-state index contributed by atoms with van der Waals surface area (Å²) in [6.07, 6.45) is 1.81. The van der Waals surface area contributed by atoms with E-state index >= 15 is 0 Å². The molecule has 0 unspecified atom stereocenters. The summed E-state index contributed by atoms with van der Waals surface area (Å²) in [7, 11) is -1.60. The highest BCUT2D eigenvalue weighted by Crippen LogP contribution is 2.27. The van der Waals surface area contributed by atoms with Gasteiger partial charge in [-0.05, 0) is 24.1 Å². The normalized spacial score (nSPS) is 17.8. The Balaban J connectivity index is 1.93. The minimum atomic E-state index is -3.18. The first-order valence-electron chi connectivity index (χ1n) is 9.52. The van der Waals surface area contributed by atoms with Crippen LogP contribution in [0, 0.1) is 0 Å². The van der Waals surface area contributed by atoms with Crippen LogP contribution in [0.3, 0.4) is 0 Å². The number of amides is 1. The topological polar surface area (TPSA) is 89.5 Å². The van der Waals surface area contributed by atoms with Gasteiger partial charge in [0.15, 0.2) is 20.7 Å². The summed E-state index contributed by atoms with van der Waals surface area (Å²) in [6.45, 7) is 4.25. The van der Waals surface area contributed by atoms with Gasteiger partial charge in [0, 0.05) is 17.8 Å². The molecule has 0 aliphatic carbocycles. The molecular formula is C20H24ClN3O4S2. The number of carbonyl (C=O) groups is 1. The molecule has 1 aromatic carbocycles. The Morgan fingerprint density at radius 1 is 1.33 bits per heavy atom. The van der Waals surface area contributed by atoms with E-state index < -0.39 is 21.8 Å². The van der Waals surface area contributed by atoms with Crippen LogP contribution in [0.5, 0.6) is 5.75 Å². The van der Waals surface area contributed by atoms with Crippen LogP contribution in [-0.2, 0) is 16.4 Å². The molecule has 1 amide bonds. The van der Waals surface area contributed by atoms with Gasteiger partial charge in [0.2, 0.25) is 0 Å². The van der Waals surface area contributed by atoms with Crippen molar-refractivity contribution in [1.82, 2.24) is 14.9 Å². The Morgan fingerprint density at radius 2 is 2.03 bits per heavy atom. The number of aromatic nitrogens is 2. The number of ether oxygens (including phenoxy) is 1. The van der Waals surface area contributed by atoms with Crippen LogP contribution in [0.4, 0.5) is 0 Å². The van der Waals surface area contributed by atoms with Crippen LogP contribution in [0.15, 0.2) is 35.6 Å². The fourth-order valence-corrected chi connectivity index (χ4v) is 5.80. The third-order valence-corrected chi connectivity index (χ3v) is 7.59. The van der Waals surface area contributed by atoms with Gasteiger partial charge in [-0.1, -0.05) is 49.3 Å². The minimum Gasteiger partial charge on any atom is -0.497 e. The molecule has 2 heterocycles. The average Bonchev–Trinajstić information content (AvgIpc) is 3.06. The number of sulfone groups is 1. The molecule has 10 heteroatoms. The van der Waals surface area contributed by atoms with E-state index in [1.54, 1.807) is 24.1 Å². The Labute approximate surface area is 186 Å². The number of rotatable bonds is 7. The first-order chi connectivity index (χ1) is 14.2. The summed E-state index contributed by atoms with van der Waals surface area (Å²) in [6, 6.07) is 6.88. The highest BCUT2D eigenvalue weighted by atomic mass is 35.5. The van der Waals surface area contributed by atoms with Gasteiger partial charge in [-0.2, -0.15) is 0 Å². The molecule has 162 valence electrons. The van der Waals surface area contributed by atoms with E-state index in [0.29, 0.717) is 17.3 Å². The lowest BCUT2D eigenvalue weighted by Crippen LogP contribution is -2.41. The van der Waals surface area contributed by atoms with E-state index in [1.807, 2.05) is 26.0 Å². The van der Waals surface area contributed by atoms with E-state index in [-0.39, 0.29) is 34.0 Å². The first-order valence-corrected chi connectivity index (χ1v) is 12.6. The van der Waals surface area contributed by atoms with E-state index in [4.69, 9.17) is 16.3 Å². The fourth-order valence-electron chi connectivity index (χ4n) is 3.22. The molecule has 1 aromatic heterocycles. The lowest BCUT2D eigenvalue weighted by atomic mass is 10.1. The van der Waals surface area contributed by atoms with E-state index in [1.165, 1.54) is 18.0 Å². The third kappa shape index (κ3) is 5.65. The molecule has 0 saturated carbocycles. The van der Waals surface area contributed by atoms with Crippen molar-refractivity contribution in [2.24, 2.45) is 0 Å². The number of nitrogens with zero attached hydrogens (tertiary/aromatic N) is 3. The van der Waals surface area contributed by atoms with Crippen molar-refractivity contribution in [3.63, 3.8) is 0 Å². The van der Waals surface area contributed by atoms with Crippen LogP contribution in [0.25, 0.3) is 0 Å². The summed E-state index contributed by atoms with van der Waals surface area (Å²) in [5.74, 6) is 0.307. The van der Waals surface area contributed by atoms with Crippen molar-refractivity contribution < 1.29 is 17.9 Å². The van der Waals surface area contributed by atoms with Crippen LogP contribution < -0.4 is 4.74 Å². The van der Waals surface area contributed by atoms with E-state index in [9.17, 15) is 13.2 Å². The Kier molecular flexibility index (Phi) is 7.26. The van der Waals surface area contributed by atoms with Crippen molar-refractivity contribution in [2.75, 3.05) is 18.6 Å². The van der Waals surface area contributed by atoms with E-state index in [0.717, 1.165) is 5.56 Å². The zero-order valence-electron chi connectivity index (χ0n) is 17.0. The van der Waals surface area contributed by atoms with Gasteiger partial charge in [0.1, 0.15) is 5.75 Å². The van der Waals surface area contributed by atoms with E-state index in [2.05, 4.69) is 9.97 Å². The van der Waals surface area contributed by atoms with Crippen molar-refractivity contribution in [2.45, 2.75) is 43.3 Å². The molecule has 30 heavy (non-hydrogen) atoms. The zero-order chi connectivity index (χ0) is 21.9. The molecule has 0 bridgehead atoms. The maximum absolute atomic E-state index is 13.5. The van der Waals surface area contributed by atoms with Crippen molar-refractivity contribution in [3.05, 3.63) is 46.7 Å². The standard InChI is InChI=1S/C20H24ClN3O4S2/c1-13(2)29-20-22-10-17(21)18(23-20)19(25)24(15-8-9-30(26,27)12-15)11-14-4-6-16(28-3)7-5-14/h4-7,10,13,15H,8-9,11-12H2,1-3H3/t15-/m0/s1. The number of hydrogen-bond acceptors (Lipinski definition) is 7. The van der Waals surface area contributed by atoms with Gasteiger partial charge < -0.3 is 9.64 Å². The number of methoxy groups -OCH3 is 1. The van der Waals surface area contributed by atoms with Gasteiger partial charge in [0.25, 0.3) is 5.91 Å². The van der Waals surface area contributed by atoms with Crippen molar-refractivity contribution in [1.29, 1.82) is 0 Å². The number of hydrogen-bond donors (Lipinski definition) is 0. The van der Waals surface area contributed by atoms with Crippen molar-refractivity contribution >= 4 is 39.1 Å².